The Morgan fingerprint density at radius 1 is 1.08 bits per heavy atom. The monoisotopic (exact) mass is 592 g/mol. The first-order chi connectivity index (χ1) is 19.0. The minimum Gasteiger partial charge on any atom is -0.487 e. The normalized spacial score (nSPS) is 11.8. The number of nitrogens with zero attached hydrogens (tertiary/aromatic N) is 4. The molecular weight excluding hydrogens is 571 g/mol. The fraction of sp³-hybridized carbons (Fsp3) is 0.179. The van der Waals surface area contributed by atoms with Gasteiger partial charge in [0.25, 0.3) is 0 Å². The molecule has 9 nitrogen and oxygen atoms in total. The van der Waals surface area contributed by atoms with E-state index in [1.165, 1.54) is 18.5 Å². The van der Waals surface area contributed by atoms with Gasteiger partial charge in [0.1, 0.15) is 29.9 Å². The lowest BCUT2D eigenvalue weighted by Crippen LogP contribution is -2.32. The van der Waals surface area contributed by atoms with Crippen LogP contribution in [0.4, 0.5) is 4.39 Å². The predicted octanol–water partition coefficient (Wildman–Crippen LogP) is 5.71. The largest absolute Gasteiger partial charge is 0.487 e. The van der Waals surface area contributed by atoms with Gasteiger partial charge in [0, 0.05) is 24.4 Å². The summed E-state index contributed by atoms with van der Waals surface area (Å²) in [5.74, 6) is 0.183. The number of ether oxygens (including phenoxy) is 3. The van der Waals surface area contributed by atoms with Crippen molar-refractivity contribution in [3.05, 3.63) is 95.0 Å². The van der Waals surface area contributed by atoms with Crippen molar-refractivity contribution in [2.45, 2.75) is 26.1 Å². The third-order valence-electron chi connectivity index (χ3n) is 5.68. The van der Waals surface area contributed by atoms with Gasteiger partial charge in [-0.15, -0.1) is 0 Å². The van der Waals surface area contributed by atoms with E-state index in [0.717, 1.165) is 5.56 Å². The molecule has 0 saturated heterocycles. The Kier molecular flexibility index (Phi) is 8.07. The van der Waals surface area contributed by atoms with Crippen molar-refractivity contribution >= 4 is 33.0 Å². The van der Waals surface area contributed by atoms with Crippen LogP contribution < -0.4 is 9.47 Å². The number of halogens is 2. The summed E-state index contributed by atoms with van der Waals surface area (Å²) in [6, 6.07) is 13.2. The van der Waals surface area contributed by atoms with Crippen LogP contribution >= 0.6 is 15.9 Å². The van der Waals surface area contributed by atoms with Gasteiger partial charge in [0.05, 0.1) is 23.0 Å². The first kappa shape index (κ1) is 26.2. The number of rotatable bonds is 10. The van der Waals surface area contributed by atoms with E-state index in [-0.39, 0.29) is 37.0 Å². The molecule has 0 unspecified atom stereocenters. The molecule has 0 bridgehead atoms. The zero-order chi connectivity index (χ0) is 27.2. The van der Waals surface area contributed by atoms with E-state index in [1.807, 2.05) is 18.2 Å². The maximum atomic E-state index is 13.5. The quantitative estimate of drug-likeness (QED) is 0.188. The van der Waals surface area contributed by atoms with Gasteiger partial charge in [0.2, 0.25) is 17.7 Å². The van der Waals surface area contributed by atoms with E-state index in [9.17, 15) is 9.18 Å². The van der Waals surface area contributed by atoms with Crippen LogP contribution in [-0.4, -0.2) is 38.6 Å². The van der Waals surface area contributed by atoms with Gasteiger partial charge in [-0.2, -0.15) is 0 Å². The fourth-order valence-corrected chi connectivity index (χ4v) is 4.51. The summed E-state index contributed by atoms with van der Waals surface area (Å²) in [6.45, 7) is 2.10. The van der Waals surface area contributed by atoms with Crippen LogP contribution in [0.1, 0.15) is 18.2 Å². The number of benzene rings is 2. The van der Waals surface area contributed by atoms with E-state index < -0.39 is 12.1 Å². The minimum absolute atomic E-state index is 0.125. The Morgan fingerprint density at radius 3 is 2.67 bits per heavy atom. The molecule has 2 aromatic carbocycles. The molecule has 0 fully saturated rings. The summed E-state index contributed by atoms with van der Waals surface area (Å²) >= 11 is 3.54. The van der Waals surface area contributed by atoms with Crippen molar-refractivity contribution in [2.75, 3.05) is 6.61 Å². The highest BCUT2D eigenvalue weighted by atomic mass is 79.9. The van der Waals surface area contributed by atoms with Gasteiger partial charge in [-0.1, -0.05) is 18.2 Å². The lowest BCUT2D eigenvalue weighted by Gasteiger charge is -2.19. The maximum Gasteiger partial charge on any atom is 0.347 e. The molecule has 3 aromatic heterocycles. The third kappa shape index (κ3) is 6.04. The number of esters is 1. The number of fused-ring (bicyclic) bond motifs is 1. The number of hydrogen-bond donors (Lipinski definition) is 0. The number of hydrogen-bond acceptors (Lipinski definition) is 9. The van der Waals surface area contributed by atoms with Crippen LogP contribution in [0.5, 0.6) is 11.6 Å². The number of furan rings is 1. The molecule has 39 heavy (non-hydrogen) atoms. The molecule has 198 valence electrons. The highest BCUT2D eigenvalue weighted by Crippen LogP contribution is 2.40. The molecule has 0 aliphatic heterocycles. The smallest absolute Gasteiger partial charge is 0.347 e. The standard InChI is InChI=1S/C28H22BrFN4O5/c1-2-36-28(35)22(13-18-5-3-4-6-21(18)37-15-20-14-31-11-12-32-20)38-26-23-24(29)25(39-27(23)34-16-33-26)17-7-9-19(30)10-8-17/h3-12,14,16,22H,2,13,15H2,1H3/t22-/m1/s1. The number of para-hydroxylation sites is 1. The molecule has 1 atom stereocenters. The van der Waals surface area contributed by atoms with Crippen LogP contribution in [0.15, 0.2) is 82.3 Å². The Hall–Kier alpha value is -4.38. The highest BCUT2D eigenvalue weighted by molar-refractivity contribution is 9.10. The van der Waals surface area contributed by atoms with Gasteiger partial charge < -0.3 is 18.6 Å². The van der Waals surface area contributed by atoms with E-state index in [2.05, 4.69) is 35.9 Å². The highest BCUT2D eigenvalue weighted by Gasteiger charge is 2.28. The van der Waals surface area contributed by atoms with Crippen molar-refractivity contribution in [1.82, 2.24) is 19.9 Å². The predicted molar refractivity (Wildman–Crippen MR) is 142 cm³/mol. The third-order valence-corrected chi connectivity index (χ3v) is 6.43. The van der Waals surface area contributed by atoms with Crippen molar-refractivity contribution < 1.29 is 27.8 Å². The average molecular weight is 593 g/mol. The van der Waals surface area contributed by atoms with Crippen molar-refractivity contribution in [1.29, 1.82) is 0 Å². The molecule has 0 amide bonds. The molecule has 5 rings (SSSR count). The van der Waals surface area contributed by atoms with Crippen LogP contribution in [0, 0.1) is 5.82 Å². The van der Waals surface area contributed by atoms with Crippen LogP contribution in [-0.2, 0) is 22.6 Å². The molecule has 0 aliphatic rings. The minimum atomic E-state index is -1.06. The molecule has 0 N–H and O–H groups in total. The summed E-state index contributed by atoms with van der Waals surface area (Å²) in [6.07, 6.45) is 5.16. The lowest BCUT2D eigenvalue weighted by atomic mass is 10.1. The SMILES string of the molecule is CCOC(=O)[C@@H](Cc1ccccc1OCc1cnccn1)Oc1ncnc2oc(-c3ccc(F)cc3)c(Br)c12. The number of carbonyl (C=O) groups excluding carboxylic acids is 1. The summed E-state index contributed by atoms with van der Waals surface area (Å²) in [7, 11) is 0. The molecular formula is C28H22BrFN4O5. The molecule has 5 aromatic rings. The first-order valence-electron chi connectivity index (χ1n) is 12.0. The van der Waals surface area contributed by atoms with Crippen molar-refractivity contribution in [3.8, 4) is 23.0 Å². The van der Waals surface area contributed by atoms with E-state index in [4.69, 9.17) is 18.6 Å². The summed E-state index contributed by atoms with van der Waals surface area (Å²) in [4.78, 5) is 29.7. The zero-order valence-electron chi connectivity index (χ0n) is 20.7. The van der Waals surface area contributed by atoms with E-state index in [1.54, 1.807) is 43.7 Å². The second kappa shape index (κ2) is 12.0. The number of aromatic nitrogens is 4. The van der Waals surface area contributed by atoms with Gasteiger partial charge >= 0.3 is 5.97 Å². The lowest BCUT2D eigenvalue weighted by molar-refractivity contribution is -0.151. The Balaban J connectivity index is 1.44. The second-order valence-electron chi connectivity index (χ2n) is 8.27. The van der Waals surface area contributed by atoms with Gasteiger partial charge in [-0.3, -0.25) is 9.97 Å². The molecule has 3 heterocycles. The van der Waals surface area contributed by atoms with Crippen LogP contribution in [0.2, 0.25) is 0 Å². The van der Waals surface area contributed by atoms with E-state index >= 15 is 0 Å². The topological polar surface area (TPSA) is 109 Å². The van der Waals surface area contributed by atoms with Gasteiger partial charge in [-0.25, -0.2) is 19.2 Å². The Labute approximate surface area is 231 Å². The van der Waals surface area contributed by atoms with Crippen molar-refractivity contribution in [3.63, 3.8) is 0 Å². The van der Waals surface area contributed by atoms with Crippen molar-refractivity contribution in [2.24, 2.45) is 0 Å². The van der Waals surface area contributed by atoms with Crippen LogP contribution in [0.25, 0.3) is 22.4 Å². The summed E-state index contributed by atoms with van der Waals surface area (Å²) < 4.78 is 37.3. The second-order valence-corrected chi connectivity index (χ2v) is 9.06. The zero-order valence-corrected chi connectivity index (χ0v) is 22.3. The Bertz CT molecular complexity index is 1580. The summed E-state index contributed by atoms with van der Waals surface area (Å²) in [5, 5.41) is 0.429. The number of carbonyl (C=O) groups is 1. The fourth-order valence-electron chi connectivity index (χ4n) is 3.86. The van der Waals surface area contributed by atoms with Gasteiger partial charge in [-0.05, 0) is 58.7 Å². The Morgan fingerprint density at radius 2 is 1.90 bits per heavy atom. The molecule has 0 radical (unpaired) electrons. The molecule has 0 spiro atoms. The molecule has 0 aliphatic carbocycles. The molecule has 0 saturated carbocycles. The van der Waals surface area contributed by atoms with Crippen LogP contribution in [0.3, 0.4) is 0 Å². The molecule has 11 heteroatoms. The van der Waals surface area contributed by atoms with Gasteiger partial charge in [0.15, 0.2) is 5.76 Å². The van der Waals surface area contributed by atoms with E-state index in [0.29, 0.717) is 32.6 Å². The first-order valence-corrected chi connectivity index (χ1v) is 12.8. The average Bonchev–Trinajstić information content (AvgIpc) is 3.30. The summed E-state index contributed by atoms with van der Waals surface area (Å²) in [5.41, 5.74) is 2.25. The maximum absolute atomic E-state index is 13.5.